The van der Waals surface area contributed by atoms with Crippen LogP contribution in [0.3, 0.4) is 0 Å². The molecule has 4 nitrogen and oxygen atoms in total. The SMILES string of the molecule is COC(=O)C(C)(F)c1cccc(C2(c3ccccc3)OCCO2)c1. The Kier molecular flexibility index (Phi) is 4.39. The number of hydrogen-bond donors (Lipinski definition) is 0. The third kappa shape index (κ3) is 2.70. The van der Waals surface area contributed by atoms with Crippen molar-refractivity contribution in [3.05, 3.63) is 71.3 Å². The molecular weight excluding hydrogens is 311 g/mol. The summed E-state index contributed by atoms with van der Waals surface area (Å²) in [5.74, 6) is -2.04. The second-order valence-corrected chi connectivity index (χ2v) is 5.75. The largest absolute Gasteiger partial charge is 0.466 e. The molecule has 1 aliphatic rings. The van der Waals surface area contributed by atoms with Crippen molar-refractivity contribution >= 4 is 5.97 Å². The standard InChI is InChI=1S/C19H19FO4/c1-18(20,17(21)22-2)15-9-6-10-16(13-15)19(23-11-12-24-19)14-7-4-3-5-8-14/h3-10,13H,11-12H2,1-2H3. The van der Waals surface area contributed by atoms with Gasteiger partial charge in [0.25, 0.3) is 0 Å². The first kappa shape index (κ1) is 16.6. The zero-order valence-corrected chi connectivity index (χ0v) is 13.6. The summed E-state index contributed by atoms with van der Waals surface area (Å²) in [4.78, 5) is 11.8. The molecule has 0 spiro atoms. The van der Waals surface area contributed by atoms with Crippen LogP contribution in [0, 0.1) is 0 Å². The lowest BCUT2D eigenvalue weighted by molar-refractivity contribution is -0.154. The predicted octanol–water partition coefficient (Wildman–Crippen LogP) is 3.29. The summed E-state index contributed by atoms with van der Waals surface area (Å²) in [6, 6.07) is 16.1. The summed E-state index contributed by atoms with van der Waals surface area (Å²) < 4.78 is 31.2. The molecule has 0 bridgehead atoms. The normalized spacial score (nSPS) is 18.8. The topological polar surface area (TPSA) is 44.8 Å². The number of halogens is 1. The van der Waals surface area contributed by atoms with Crippen molar-refractivity contribution in [1.29, 1.82) is 0 Å². The van der Waals surface area contributed by atoms with E-state index in [4.69, 9.17) is 9.47 Å². The molecule has 1 aliphatic heterocycles. The van der Waals surface area contributed by atoms with E-state index < -0.39 is 17.4 Å². The molecule has 24 heavy (non-hydrogen) atoms. The van der Waals surface area contributed by atoms with Crippen LogP contribution in [0.4, 0.5) is 4.39 Å². The molecule has 0 N–H and O–H groups in total. The van der Waals surface area contributed by atoms with Gasteiger partial charge >= 0.3 is 5.97 Å². The van der Waals surface area contributed by atoms with E-state index in [1.807, 2.05) is 30.3 Å². The lowest BCUT2D eigenvalue weighted by Crippen LogP contribution is -2.31. The van der Waals surface area contributed by atoms with Crippen molar-refractivity contribution < 1.29 is 23.4 Å². The Morgan fingerprint density at radius 2 is 1.71 bits per heavy atom. The molecule has 1 heterocycles. The average molecular weight is 330 g/mol. The van der Waals surface area contributed by atoms with Crippen molar-refractivity contribution in [2.45, 2.75) is 18.4 Å². The Morgan fingerprint density at radius 3 is 2.33 bits per heavy atom. The highest BCUT2D eigenvalue weighted by atomic mass is 19.1. The van der Waals surface area contributed by atoms with Crippen LogP contribution in [0.25, 0.3) is 0 Å². The van der Waals surface area contributed by atoms with Gasteiger partial charge in [-0.3, -0.25) is 0 Å². The molecule has 1 unspecified atom stereocenters. The number of alkyl halides is 1. The number of methoxy groups -OCH3 is 1. The van der Waals surface area contributed by atoms with E-state index >= 15 is 0 Å². The van der Waals surface area contributed by atoms with E-state index in [1.54, 1.807) is 24.3 Å². The zero-order chi connectivity index (χ0) is 17.2. The summed E-state index contributed by atoms with van der Waals surface area (Å²) in [5, 5.41) is 0. The van der Waals surface area contributed by atoms with Crippen molar-refractivity contribution in [2.24, 2.45) is 0 Å². The molecule has 0 amide bonds. The highest BCUT2D eigenvalue weighted by Gasteiger charge is 2.43. The fourth-order valence-electron chi connectivity index (χ4n) is 2.90. The van der Waals surface area contributed by atoms with Crippen LogP contribution in [-0.4, -0.2) is 26.3 Å². The van der Waals surface area contributed by atoms with E-state index in [0.717, 1.165) is 5.56 Å². The second kappa shape index (κ2) is 6.34. The maximum absolute atomic E-state index is 14.9. The highest BCUT2D eigenvalue weighted by molar-refractivity contribution is 5.80. The predicted molar refractivity (Wildman–Crippen MR) is 86.0 cm³/mol. The van der Waals surface area contributed by atoms with Crippen molar-refractivity contribution in [3.8, 4) is 0 Å². The van der Waals surface area contributed by atoms with Gasteiger partial charge in [-0.15, -0.1) is 0 Å². The van der Waals surface area contributed by atoms with Crippen LogP contribution < -0.4 is 0 Å². The van der Waals surface area contributed by atoms with Crippen LogP contribution in [-0.2, 0) is 30.5 Å². The number of benzene rings is 2. The first-order chi connectivity index (χ1) is 11.5. The Bertz CT molecular complexity index is 721. The minimum absolute atomic E-state index is 0.196. The molecule has 0 aliphatic carbocycles. The number of rotatable bonds is 4. The van der Waals surface area contributed by atoms with Gasteiger partial charge in [0.05, 0.1) is 20.3 Å². The van der Waals surface area contributed by atoms with Crippen LogP contribution in [0.5, 0.6) is 0 Å². The minimum atomic E-state index is -2.25. The Morgan fingerprint density at radius 1 is 1.08 bits per heavy atom. The maximum Gasteiger partial charge on any atom is 0.348 e. The van der Waals surface area contributed by atoms with E-state index in [-0.39, 0.29) is 5.56 Å². The fraction of sp³-hybridized carbons (Fsp3) is 0.316. The Hall–Kier alpha value is -2.24. The Balaban J connectivity index is 2.08. The second-order valence-electron chi connectivity index (χ2n) is 5.75. The molecule has 2 aromatic carbocycles. The summed E-state index contributed by atoms with van der Waals surface area (Å²) in [6.07, 6.45) is 0. The Labute approximate surface area is 140 Å². The summed E-state index contributed by atoms with van der Waals surface area (Å²) >= 11 is 0. The van der Waals surface area contributed by atoms with Gasteiger partial charge in [0, 0.05) is 16.7 Å². The van der Waals surface area contributed by atoms with Gasteiger partial charge in [0.2, 0.25) is 11.5 Å². The number of carbonyl (C=O) groups excluding carboxylic acids is 1. The smallest absolute Gasteiger partial charge is 0.348 e. The lowest BCUT2D eigenvalue weighted by Gasteiger charge is -2.29. The molecule has 2 aromatic rings. The highest BCUT2D eigenvalue weighted by Crippen LogP contribution is 2.40. The first-order valence-corrected chi connectivity index (χ1v) is 7.72. The maximum atomic E-state index is 14.9. The summed E-state index contributed by atoms with van der Waals surface area (Å²) in [5.41, 5.74) is -0.600. The van der Waals surface area contributed by atoms with Crippen molar-refractivity contribution in [3.63, 3.8) is 0 Å². The third-order valence-corrected chi connectivity index (χ3v) is 4.20. The van der Waals surface area contributed by atoms with E-state index in [2.05, 4.69) is 4.74 Å². The van der Waals surface area contributed by atoms with Gasteiger partial charge in [-0.05, 0) is 13.0 Å². The molecule has 5 heteroatoms. The third-order valence-electron chi connectivity index (χ3n) is 4.20. The average Bonchev–Trinajstić information content (AvgIpc) is 3.13. The molecule has 0 saturated carbocycles. The van der Waals surface area contributed by atoms with Crippen LogP contribution in [0.15, 0.2) is 54.6 Å². The molecule has 1 fully saturated rings. The summed E-state index contributed by atoms with van der Waals surface area (Å²) in [7, 11) is 1.17. The number of hydrogen-bond acceptors (Lipinski definition) is 4. The van der Waals surface area contributed by atoms with E-state index in [1.165, 1.54) is 14.0 Å². The van der Waals surface area contributed by atoms with Crippen molar-refractivity contribution in [1.82, 2.24) is 0 Å². The number of carbonyl (C=O) groups is 1. The van der Waals surface area contributed by atoms with E-state index in [9.17, 15) is 9.18 Å². The molecular formula is C19H19FO4. The van der Waals surface area contributed by atoms with Crippen molar-refractivity contribution in [2.75, 3.05) is 20.3 Å². The molecule has 1 saturated heterocycles. The van der Waals surface area contributed by atoms with Crippen LogP contribution >= 0.6 is 0 Å². The molecule has 0 radical (unpaired) electrons. The van der Waals surface area contributed by atoms with Gasteiger partial charge in [0.1, 0.15) is 0 Å². The minimum Gasteiger partial charge on any atom is -0.466 e. The number of ether oxygens (including phenoxy) is 3. The van der Waals surface area contributed by atoms with Gasteiger partial charge in [0.15, 0.2) is 0 Å². The van der Waals surface area contributed by atoms with Gasteiger partial charge < -0.3 is 14.2 Å². The monoisotopic (exact) mass is 330 g/mol. The quantitative estimate of drug-likeness (QED) is 0.807. The first-order valence-electron chi connectivity index (χ1n) is 7.72. The molecule has 3 rings (SSSR count). The van der Waals surface area contributed by atoms with Gasteiger partial charge in [-0.2, -0.15) is 0 Å². The zero-order valence-electron chi connectivity index (χ0n) is 13.6. The number of esters is 1. The molecule has 0 aromatic heterocycles. The van der Waals surface area contributed by atoms with Gasteiger partial charge in [-0.25, -0.2) is 9.18 Å². The fourth-order valence-corrected chi connectivity index (χ4v) is 2.90. The summed E-state index contributed by atoms with van der Waals surface area (Å²) in [6.45, 7) is 2.05. The van der Waals surface area contributed by atoms with E-state index in [0.29, 0.717) is 18.8 Å². The van der Waals surface area contributed by atoms with Crippen LogP contribution in [0.2, 0.25) is 0 Å². The molecule has 1 atom stereocenters. The molecule has 126 valence electrons. The van der Waals surface area contributed by atoms with Crippen LogP contribution in [0.1, 0.15) is 23.6 Å². The van der Waals surface area contributed by atoms with Gasteiger partial charge in [-0.1, -0.05) is 48.5 Å². The lowest BCUT2D eigenvalue weighted by atomic mass is 9.91.